The smallest absolute Gasteiger partial charge is 0.160 e. The van der Waals surface area contributed by atoms with Gasteiger partial charge in [-0.05, 0) is 88.8 Å². The molecule has 1 aromatic heterocycles. The normalized spacial score (nSPS) is 12.0. The summed E-state index contributed by atoms with van der Waals surface area (Å²) in [6, 6.07) is 61.4. The van der Waals surface area contributed by atoms with Crippen molar-refractivity contribution < 1.29 is 0 Å². The average Bonchev–Trinajstić information content (AvgIpc) is 3.51. The zero-order valence-corrected chi connectivity index (χ0v) is 27.1. The summed E-state index contributed by atoms with van der Waals surface area (Å²) in [6.07, 6.45) is 0. The molecular weight excluding hydrogens is 605 g/mol. The van der Waals surface area contributed by atoms with E-state index in [1.807, 2.05) is 6.07 Å². The Kier molecular flexibility index (Phi) is 5.70. The summed E-state index contributed by atoms with van der Waals surface area (Å²) in [5.41, 5.74) is 10.1. The number of nitrogens with zero attached hydrogens (tertiary/aromatic N) is 2. The van der Waals surface area contributed by atoms with Gasteiger partial charge < -0.3 is 0 Å². The van der Waals surface area contributed by atoms with Crippen molar-refractivity contribution >= 4 is 53.9 Å². The Hall–Kier alpha value is -6.64. The molecule has 0 N–H and O–H groups in total. The van der Waals surface area contributed by atoms with Gasteiger partial charge in [0.25, 0.3) is 0 Å². The van der Waals surface area contributed by atoms with E-state index in [4.69, 9.17) is 9.97 Å². The Morgan fingerprint density at radius 3 is 1.54 bits per heavy atom. The lowest BCUT2D eigenvalue weighted by Gasteiger charge is -2.20. The summed E-state index contributed by atoms with van der Waals surface area (Å²) in [5.74, 6) is 0.739. The van der Waals surface area contributed by atoms with Crippen LogP contribution in [0, 0.1) is 0 Å². The van der Waals surface area contributed by atoms with Crippen LogP contribution in [0.5, 0.6) is 0 Å². The molecule has 0 amide bonds. The summed E-state index contributed by atoms with van der Waals surface area (Å²) in [7, 11) is 0. The molecule has 1 aliphatic rings. The van der Waals surface area contributed by atoms with Crippen molar-refractivity contribution in [3.8, 4) is 56.2 Å². The fourth-order valence-electron chi connectivity index (χ4n) is 8.34. The molecule has 10 aromatic rings. The highest BCUT2D eigenvalue weighted by molar-refractivity contribution is 6.25. The minimum absolute atomic E-state index is 0.739. The molecule has 0 aliphatic heterocycles. The molecule has 1 heterocycles. The molecule has 2 nitrogen and oxygen atoms in total. The summed E-state index contributed by atoms with van der Waals surface area (Å²) in [4.78, 5) is 10.8. The number of rotatable bonds is 3. The lowest BCUT2D eigenvalue weighted by Crippen LogP contribution is -1.99. The molecule has 2 heteroatoms. The summed E-state index contributed by atoms with van der Waals surface area (Å²) >= 11 is 0. The van der Waals surface area contributed by atoms with Crippen LogP contribution in [-0.2, 0) is 0 Å². The van der Waals surface area contributed by atoms with Crippen molar-refractivity contribution in [1.29, 1.82) is 0 Å². The lowest BCUT2D eigenvalue weighted by molar-refractivity contribution is 1.20. The average molecular weight is 633 g/mol. The third kappa shape index (κ3) is 3.90. The van der Waals surface area contributed by atoms with Crippen LogP contribution in [0.2, 0.25) is 0 Å². The van der Waals surface area contributed by atoms with E-state index in [0.717, 1.165) is 33.9 Å². The van der Waals surface area contributed by atoms with Crippen LogP contribution >= 0.6 is 0 Å². The topological polar surface area (TPSA) is 25.8 Å². The van der Waals surface area contributed by atoms with Gasteiger partial charge in [-0.2, -0.15) is 0 Å². The molecule has 0 bridgehead atoms. The van der Waals surface area contributed by atoms with Crippen molar-refractivity contribution in [3.63, 3.8) is 0 Å². The fourth-order valence-corrected chi connectivity index (χ4v) is 8.34. The van der Waals surface area contributed by atoms with Gasteiger partial charge in [0.2, 0.25) is 0 Å². The first-order valence-corrected chi connectivity index (χ1v) is 17.2. The van der Waals surface area contributed by atoms with Gasteiger partial charge in [0.05, 0.1) is 11.4 Å². The molecule has 11 rings (SSSR count). The molecule has 0 unspecified atom stereocenters. The molecule has 0 fully saturated rings. The summed E-state index contributed by atoms with van der Waals surface area (Å²) in [6.45, 7) is 0. The van der Waals surface area contributed by atoms with E-state index in [2.05, 4.69) is 164 Å². The molecule has 50 heavy (non-hydrogen) atoms. The molecule has 0 radical (unpaired) electrons. The molecule has 9 aromatic carbocycles. The van der Waals surface area contributed by atoms with E-state index < -0.39 is 0 Å². The van der Waals surface area contributed by atoms with Crippen LogP contribution in [0.25, 0.3) is 110 Å². The maximum atomic E-state index is 5.52. The molecule has 0 saturated carbocycles. The van der Waals surface area contributed by atoms with Gasteiger partial charge in [0.1, 0.15) is 0 Å². The SMILES string of the molecule is c1ccc(-c2nc(-c3c4ccccc4c(-c4ccc5cc6ccccc6cc5c4)c4ccccc34)c3c(n2)-c2cccc4cccc-3c24)cc1. The molecule has 0 spiro atoms. The summed E-state index contributed by atoms with van der Waals surface area (Å²) < 4.78 is 0. The van der Waals surface area contributed by atoms with Crippen LogP contribution < -0.4 is 0 Å². The van der Waals surface area contributed by atoms with E-state index in [9.17, 15) is 0 Å². The van der Waals surface area contributed by atoms with Gasteiger partial charge in [0.15, 0.2) is 5.82 Å². The Labute approximate surface area is 289 Å². The van der Waals surface area contributed by atoms with Gasteiger partial charge in [-0.15, -0.1) is 0 Å². The predicted octanol–water partition coefficient (Wildman–Crippen LogP) is 12.9. The van der Waals surface area contributed by atoms with Crippen molar-refractivity contribution in [2.45, 2.75) is 0 Å². The monoisotopic (exact) mass is 632 g/mol. The Morgan fingerprint density at radius 1 is 0.300 bits per heavy atom. The Balaban J connectivity index is 1.26. The van der Waals surface area contributed by atoms with Crippen LogP contribution in [0.15, 0.2) is 170 Å². The fraction of sp³-hybridized carbons (Fsp3) is 0. The number of hydrogen-bond acceptors (Lipinski definition) is 2. The highest BCUT2D eigenvalue weighted by Crippen LogP contribution is 2.53. The van der Waals surface area contributed by atoms with E-state index in [1.165, 1.54) is 76.1 Å². The highest BCUT2D eigenvalue weighted by atomic mass is 14.9. The van der Waals surface area contributed by atoms with E-state index in [-0.39, 0.29) is 0 Å². The van der Waals surface area contributed by atoms with E-state index in [1.54, 1.807) is 0 Å². The van der Waals surface area contributed by atoms with Crippen LogP contribution in [0.3, 0.4) is 0 Å². The number of hydrogen-bond donors (Lipinski definition) is 0. The maximum Gasteiger partial charge on any atom is 0.160 e. The zero-order chi connectivity index (χ0) is 32.8. The number of aromatic nitrogens is 2. The van der Waals surface area contributed by atoms with E-state index >= 15 is 0 Å². The molecule has 230 valence electrons. The standard InChI is InChI=1S/C48H28N2/c1-2-12-30(13-3-1)48-49-46-41-23-11-17-29-16-10-22-40(42(29)41)45(46)47(50-48)44-38-20-8-6-18-36(38)43(37-19-7-9-21-39(37)44)34-25-24-33-26-31-14-4-5-15-32(31)27-35(33)28-34/h1-28H. The van der Waals surface area contributed by atoms with Crippen LogP contribution in [-0.4, -0.2) is 9.97 Å². The van der Waals surface area contributed by atoms with Crippen molar-refractivity contribution in [1.82, 2.24) is 9.97 Å². The third-order valence-electron chi connectivity index (χ3n) is 10.5. The quantitative estimate of drug-likeness (QED) is 0.181. The number of benzene rings is 9. The van der Waals surface area contributed by atoms with Gasteiger partial charge >= 0.3 is 0 Å². The first kappa shape index (κ1) is 27.3. The molecule has 0 saturated heterocycles. The van der Waals surface area contributed by atoms with Gasteiger partial charge in [-0.1, -0.05) is 152 Å². The molecule has 0 atom stereocenters. The highest BCUT2D eigenvalue weighted by Gasteiger charge is 2.30. The summed E-state index contributed by atoms with van der Waals surface area (Å²) in [5, 5.41) is 12.3. The van der Waals surface area contributed by atoms with Crippen LogP contribution in [0.4, 0.5) is 0 Å². The first-order chi connectivity index (χ1) is 24.8. The lowest BCUT2D eigenvalue weighted by atomic mass is 9.85. The third-order valence-corrected chi connectivity index (χ3v) is 10.5. The van der Waals surface area contributed by atoms with E-state index in [0.29, 0.717) is 0 Å². The Bertz CT molecular complexity index is 2970. The van der Waals surface area contributed by atoms with Crippen LogP contribution in [0.1, 0.15) is 0 Å². The number of fused-ring (bicyclic) bond motifs is 7. The second-order valence-electron chi connectivity index (χ2n) is 13.3. The second kappa shape index (κ2) is 10.4. The van der Waals surface area contributed by atoms with Gasteiger partial charge in [-0.25, -0.2) is 9.97 Å². The molecule has 1 aliphatic carbocycles. The van der Waals surface area contributed by atoms with Crippen molar-refractivity contribution in [3.05, 3.63) is 170 Å². The Morgan fingerprint density at radius 2 is 0.840 bits per heavy atom. The predicted molar refractivity (Wildman–Crippen MR) is 210 cm³/mol. The minimum Gasteiger partial charge on any atom is -0.227 e. The van der Waals surface area contributed by atoms with Crippen molar-refractivity contribution in [2.75, 3.05) is 0 Å². The largest absolute Gasteiger partial charge is 0.227 e. The van der Waals surface area contributed by atoms with Gasteiger partial charge in [-0.3, -0.25) is 0 Å². The molecular formula is C48H28N2. The first-order valence-electron chi connectivity index (χ1n) is 17.2. The zero-order valence-electron chi connectivity index (χ0n) is 27.1. The second-order valence-corrected chi connectivity index (χ2v) is 13.3. The maximum absolute atomic E-state index is 5.52. The minimum atomic E-state index is 0.739. The van der Waals surface area contributed by atoms with Crippen molar-refractivity contribution in [2.24, 2.45) is 0 Å². The van der Waals surface area contributed by atoms with Gasteiger partial charge in [0, 0.05) is 22.3 Å².